The van der Waals surface area contributed by atoms with Crippen LogP contribution in [-0.2, 0) is 0 Å². The van der Waals surface area contributed by atoms with E-state index in [1.165, 1.54) is 12.8 Å². The van der Waals surface area contributed by atoms with Crippen molar-refractivity contribution in [1.82, 2.24) is 4.90 Å². The van der Waals surface area contributed by atoms with E-state index in [0.717, 1.165) is 24.8 Å². The molecule has 2 heteroatoms. The summed E-state index contributed by atoms with van der Waals surface area (Å²) in [6.07, 6.45) is 2.52. The van der Waals surface area contributed by atoms with Crippen molar-refractivity contribution in [1.29, 1.82) is 0 Å². The number of hydrogen-bond acceptors (Lipinski definition) is 2. The van der Waals surface area contributed by atoms with Gasteiger partial charge in [0.2, 0.25) is 0 Å². The summed E-state index contributed by atoms with van der Waals surface area (Å²) >= 11 is 0. The second kappa shape index (κ2) is 5.92. The molecule has 0 radical (unpaired) electrons. The van der Waals surface area contributed by atoms with E-state index < -0.39 is 0 Å². The molecule has 0 aromatic carbocycles. The Morgan fingerprint density at radius 1 is 1.33 bits per heavy atom. The number of rotatable bonds is 1. The lowest BCUT2D eigenvalue weighted by Crippen LogP contribution is -2.34. The third-order valence-corrected chi connectivity index (χ3v) is 2.19. The molecule has 2 nitrogen and oxygen atoms in total. The van der Waals surface area contributed by atoms with Crippen LogP contribution in [0.5, 0.6) is 0 Å². The Morgan fingerprint density at radius 2 is 1.75 bits per heavy atom. The van der Waals surface area contributed by atoms with E-state index in [4.69, 9.17) is 5.73 Å². The van der Waals surface area contributed by atoms with E-state index in [-0.39, 0.29) is 0 Å². The summed E-state index contributed by atoms with van der Waals surface area (Å²) in [4.78, 5) is 2.15. The van der Waals surface area contributed by atoms with Crippen LogP contribution in [-0.4, -0.2) is 18.0 Å². The first-order valence-corrected chi connectivity index (χ1v) is 4.89. The molecule has 1 aliphatic rings. The summed E-state index contributed by atoms with van der Waals surface area (Å²) in [5.41, 5.74) is 5.54. The molecule has 0 aliphatic carbocycles. The second-order valence-corrected chi connectivity index (χ2v) is 3.16. The minimum absolute atomic E-state index is 0.729. The summed E-state index contributed by atoms with van der Waals surface area (Å²) in [5, 5.41) is 0. The third kappa shape index (κ3) is 3.65. The highest BCUT2D eigenvalue weighted by Crippen LogP contribution is 2.16. The molecule has 1 heterocycles. The lowest BCUT2D eigenvalue weighted by atomic mass is 9.99. The fraction of sp³-hybridized carbons (Fsp3) is 0.800. The summed E-state index contributed by atoms with van der Waals surface area (Å²) < 4.78 is 0. The number of nitrogens with two attached hydrogens (primary N) is 1. The molecule has 1 rings (SSSR count). The van der Waals surface area contributed by atoms with Crippen molar-refractivity contribution in [2.45, 2.75) is 33.6 Å². The number of likely N-dealkylation sites (tertiary alicyclic amines) is 1. The first kappa shape index (κ1) is 11.3. The van der Waals surface area contributed by atoms with Gasteiger partial charge >= 0.3 is 0 Å². The third-order valence-electron chi connectivity index (χ3n) is 2.19. The molecular weight excluding hydrogens is 148 g/mol. The number of piperidine rings is 1. The van der Waals surface area contributed by atoms with Gasteiger partial charge in [-0.1, -0.05) is 27.4 Å². The van der Waals surface area contributed by atoms with Gasteiger partial charge in [0, 0.05) is 13.1 Å². The van der Waals surface area contributed by atoms with Crippen molar-refractivity contribution >= 4 is 0 Å². The molecule has 0 unspecified atom stereocenters. The molecule has 72 valence electrons. The van der Waals surface area contributed by atoms with E-state index in [9.17, 15) is 0 Å². The summed E-state index contributed by atoms with van der Waals surface area (Å²) in [6, 6.07) is 0. The Bertz CT molecular complexity index is 124. The van der Waals surface area contributed by atoms with Crippen LogP contribution < -0.4 is 5.73 Å². The minimum Gasteiger partial charge on any atom is -0.386 e. The van der Waals surface area contributed by atoms with Gasteiger partial charge in [-0.25, -0.2) is 0 Å². The zero-order valence-corrected chi connectivity index (χ0v) is 8.64. The Labute approximate surface area is 76.4 Å². The molecule has 0 spiro atoms. The Balaban J connectivity index is 0.000000561. The summed E-state index contributed by atoms with van der Waals surface area (Å²) in [7, 11) is 0. The molecule has 0 aromatic heterocycles. The summed E-state index contributed by atoms with van der Waals surface area (Å²) in [5.74, 6) is 1.60. The van der Waals surface area contributed by atoms with Crippen molar-refractivity contribution in [2.75, 3.05) is 13.1 Å². The molecule has 0 aromatic rings. The van der Waals surface area contributed by atoms with E-state index in [1.54, 1.807) is 0 Å². The standard InChI is InChI=1S/C8H16N2.C2H6/c1-7-3-5-10(6-4-7)8(2)9;1-2/h7H,2-6,9H2,1H3;1-2H3. The lowest BCUT2D eigenvalue weighted by Gasteiger charge is -2.31. The number of hydrogen-bond donors (Lipinski definition) is 1. The first-order valence-electron chi connectivity index (χ1n) is 4.89. The van der Waals surface area contributed by atoms with Gasteiger partial charge in [0.25, 0.3) is 0 Å². The van der Waals surface area contributed by atoms with Crippen molar-refractivity contribution in [3.05, 3.63) is 12.4 Å². The highest BCUT2D eigenvalue weighted by Gasteiger charge is 2.14. The normalized spacial score (nSPS) is 18.1. The maximum absolute atomic E-state index is 5.54. The van der Waals surface area contributed by atoms with Gasteiger partial charge < -0.3 is 10.6 Å². The molecule has 2 N–H and O–H groups in total. The van der Waals surface area contributed by atoms with Crippen LogP contribution in [0.25, 0.3) is 0 Å². The van der Waals surface area contributed by atoms with Crippen LogP contribution in [0.2, 0.25) is 0 Å². The Morgan fingerprint density at radius 3 is 2.08 bits per heavy atom. The topological polar surface area (TPSA) is 29.3 Å². The molecule has 1 fully saturated rings. The molecule has 0 atom stereocenters. The predicted molar refractivity (Wildman–Crippen MR) is 54.6 cm³/mol. The van der Waals surface area contributed by atoms with Crippen LogP contribution in [0.4, 0.5) is 0 Å². The minimum atomic E-state index is 0.729. The largest absolute Gasteiger partial charge is 0.386 e. The van der Waals surface area contributed by atoms with Gasteiger partial charge in [-0.15, -0.1) is 0 Å². The quantitative estimate of drug-likeness (QED) is 0.653. The van der Waals surface area contributed by atoms with E-state index in [0.29, 0.717) is 0 Å². The monoisotopic (exact) mass is 170 g/mol. The second-order valence-electron chi connectivity index (χ2n) is 3.16. The van der Waals surface area contributed by atoms with Gasteiger partial charge in [0.05, 0.1) is 5.82 Å². The molecule has 1 aliphatic heterocycles. The zero-order valence-electron chi connectivity index (χ0n) is 8.64. The Hall–Kier alpha value is -0.660. The molecule has 0 saturated carbocycles. The maximum Gasteiger partial charge on any atom is 0.0912 e. The van der Waals surface area contributed by atoms with E-state index in [1.807, 2.05) is 13.8 Å². The first-order chi connectivity index (χ1) is 5.70. The average Bonchev–Trinajstić information content (AvgIpc) is 2.09. The van der Waals surface area contributed by atoms with E-state index >= 15 is 0 Å². The van der Waals surface area contributed by atoms with Gasteiger partial charge in [-0.2, -0.15) is 0 Å². The van der Waals surface area contributed by atoms with Crippen molar-refractivity contribution in [3.63, 3.8) is 0 Å². The highest BCUT2D eigenvalue weighted by atomic mass is 15.2. The average molecular weight is 170 g/mol. The van der Waals surface area contributed by atoms with Crippen LogP contribution >= 0.6 is 0 Å². The van der Waals surface area contributed by atoms with Gasteiger partial charge in [0.1, 0.15) is 0 Å². The van der Waals surface area contributed by atoms with Crippen molar-refractivity contribution in [2.24, 2.45) is 11.7 Å². The van der Waals surface area contributed by atoms with Gasteiger partial charge in [0.15, 0.2) is 0 Å². The number of nitrogens with zero attached hydrogens (tertiary/aromatic N) is 1. The fourth-order valence-electron chi connectivity index (χ4n) is 1.30. The maximum atomic E-state index is 5.54. The SMILES string of the molecule is C=C(N)N1CCC(C)CC1.CC. The molecular formula is C10H22N2. The molecule has 1 saturated heterocycles. The molecule has 12 heavy (non-hydrogen) atoms. The predicted octanol–water partition coefficient (Wildman–Crippen LogP) is 2.17. The lowest BCUT2D eigenvalue weighted by molar-refractivity contribution is 0.236. The fourth-order valence-corrected chi connectivity index (χ4v) is 1.30. The smallest absolute Gasteiger partial charge is 0.0912 e. The van der Waals surface area contributed by atoms with Crippen LogP contribution in [0.15, 0.2) is 12.4 Å². The highest BCUT2D eigenvalue weighted by molar-refractivity contribution is 4.88. The van der Waals surface area contributed by atoms with Crippen molar-refractivity contribution in [3.8, 4) is 0 Å². The van der Waals surface area contributed by atoms with Crippen LogP contribution in [0.1, 0.15) is 33.6 Å². The summed E-state index contributed by atoms with van der Waals surface area (Å²) in [6.45, 7) is 12.2. The van der Waals surface area contributed by atoms with Gasteiger partial charge in [-0.3, -0.25) is 0 Å². The Kier molecular flexibility index (Phi) is 5.60. The van der Waals surface area contributed by atoms with Crippen LogP contribution in [0.3, 0.4) is 0 Å². The van der Waals surface area contributed by atoms with Gasteiger partial charge in [-0.05, 0) is 18.8 Å². The van der Waals surface area contributed by atoms with E-state index in [2.05, 4.69) is 18.4 Å². The zero-order chi connectivity index (χ0) is 9.56. The van der Waals surface area contributed by atoms with Crippen LogP contribution in [0, 0.1) is 5.92 Å². The molecule has 0 bridgehead atoms. The van der Waals surface area contributed by atoms with Crippen molar-refractivity contribution < 1.29 is 0 Å². The molecule has 0 amide bonds.